The van der Waals surface area contributed by atoms with Gasteiger partial charge in [0.1, 0.15) is 0 Å². The molecule has 1 aromatic rings. The van der Waals surface area contributed by atoms with Crippen LogP contribution >= 0.6 is 0 Å². The fourth-order valence-corrected chi connectivity index (χ4v) is 2.67. The van der Waals surface area contributed by atoms with Gasteiger partial charge in [-0.15, -0.1) is 0 Å². The maximum Gasteiger partial charge on any atom is 0.213 e. The van der Waals surface area contributed by atoms with Gasteiger partial charge in [-0.05, 0) is 5.56 Å². The highest BCUT2D eigenvalue weighted by Gasteiger charge is 2.10. The molecule has 0 heterocycles. The van der Waals surface area contributed by atoms with Crippen LogP contribution in [-0.4, -0.2) is 64.7 Å². The van der Waals surface area contributed by atoms with Crippen LogP contribution in [-0.2, 0) is 16.6 Å². The highest BCUT2D eigenvalue weighted by molar-refractivity contribution is 7.89. The van der Waals surface area contributed by atoms with Crippen molar-refractivity contribution in [2.24, 2.45) is 4.99 Å². The quantitative estimate of drug-likeness (QED) is 0.617. The molecule has 6 nitrogen and oxygen atoms in total. The molecule has 0 saturated heterocycles. The number of rotatable bonds is 6. The van der Waals surface area contributed by atoms with E-state index in [1.807, 2.05) is 68.3 Å². The van der Waals surface area contributed by atoms with Crippen molar-refractivity contribution in [3.05, 3.63) is 35.9 Å². The normalized spacial score (nSPS) is 11.0. The molecule has 0 amide bonds. The van der Waals surface area contributed by atoms with E-state index in [-0.39, 0.29) is 12.3 Å². The lowest BCUT2D eigenvalue weighted by Gasteiger charge is -2.22. The summed E-state index contributed by atoms with van der Waals surface area (Å²) in [4.78, 5) is 8.01. The first-order chi connectivity index (χ1) is 9.82. The predicted molar refractivity (Wildman–Crippen MR) is 86.7 cm³/mol. The number of nitrogens with zero attached hydrogens (tertiary/aromatic N) is 3. The van der Waals surface area contributed by atoms with Crippen molar-refractivity contribution < 1.29 is 8.42 Å². The number of benzene rings is 1. The highest BCUT2D eigenvalue weighted by atomic mass is 32.2. The number of aliphatic imine (C=N–C) groups is 1. The second-order valence-corrected chi connectivity index (χ2v) is 7.02. The number of sulfonamides is 1. The molecule has 1 rings (SSSR count). The maximum atomic E-state index is 11.9. The van der Waals surface area contributed by atoms with E-state index in [4.69, 9.17) is 0 Å². The molecule has 0 aliphatic carbocycles. The molecule has 0 bridgehead atoms. The predicted octanol–water partition coefficient (Wildman–Crippen LogP) is 0.585. The molecule has 0 aliphatic rings. The number of guanidine groups is 1. The van der Waals surface area contributed by atoms with Gasteiger partial charge in [-0.1, -0.05) is 30.3 Å². The second kappa shape index (κ2) is 7.99. The molecule has 118 valence electrons. The van der Waals surface area contributed by atoms with Crippen LogP contribution in [0.4, 0.5) is 0 Å². The van der Waals surface area contributed by atoms with Crippen LogP contribution in [0.5, 0.6) is 0 Å². The molecule has 0 fully saturated rings. The van der Waals surface area contributed by atoms with Crippen molar-refractivity contribution in [1.29, 1.82) is 0 Å². The summed E-state index contributed by atoms with van der Waals surface area (Å²) in [5.41, 5.74) is 0.937. The largest absolute Gasteiger partial charge is 0.349 e. The van der Waals surface area contributed by atoms with E-state index in [0.717, 1.165) is 11.5 Å². The van der Waals surface area contributed by atoms with E-state index in [0.29, 0.717) is 6.54 Å². The Labute approximate surface area is 127 Å². The van der Waals surface area contributed by atoms with Crippen molar-refractivity contribution in [1.82, 2.24) is 14.5 Å². The lowest BCUT2D eigenvalue weighted by atomic mass is 10.2. The van der Waals surface area contributed by atoms with E-state index in [1.165, 1.54) is 0 Å². The SMILES string of the molecule is CN(C)C(=NCCS(=O)(=O)NCc1ccccc1)N(C)C. The summed E-state index contributed by atoms with van der Waals surface area (Å²) in [7, 11) is 4.18. The maximum absolute atomic E-state index is 11.9. The highest BCUT2D eigenvalue weighted by Crippen LogP contribution is 1.99. The first-order valence-corrected chi connectivity index (χ1v) is 8.37. The third-order valence-electron chi connectivity index (χ3n) is 2.75. The van der Waals surface area contributed by atoms with Crippen LogP contribution in [0.1, 0.15) is 5.56 Å². The molecule has 0 saturated carbocycles. The zero-order valence-electron chi connectivity index (χ0n) is 13.1. The van der Waals surface area contributed by atoms with E-state index < -0.39 is 10.0 Å². The van der Waals surface area contributed by atoms with Crippen LogP contribution in [0, 0.1) is 0 Å². The monoisotopic (exact) mass is 312 g/mol. The van der Waals surface area contributed by atoms with Crippen LogP contribution in [0.3, 0.4) is 0 Å². The smallest absolute Gasteiger partial charge is 0.213 e. The van der Waals surface area contributed by atoms with Gasteiger partial charge >= 0.3 is 0 Å². The van der Waals surface area contributed by atoms with Gasteiger partial charge < -0.3 is 9.80 Å². The van der Waals surface area contributed by atoms with Crippen LogP contribution in [0.25, 0.3) is 0 Å². The van der Waals surface area contributed by atoms with Gasteiger partial charge in [-0.2, -0.15) is 0 Å². The van der Waals surface area contributed by atoms with Gasteiger partial charge in [0.25, 0.3) is 0 Å². The lowest BCUT2D eigenvalue weighted by molar-refractivity contribution is 0.480. The summed E-state index contributed by atoms with van der Waals surface area (Å²) < 4.78 is 26.4. The summed E-state index contributed by atoms with van der Waals surface area (Å²) >= 11 is 0. The fourth-order valence-electron chi connectivity index (χ4n) is 1.81. The minimum atomic E-state index is -3.32. The summed E-state index contributed by atoms with van der Waals surface area (Å²) in [5, 5.41) is 0. The standard InChI is InChI=1S/C14H24N4O2S/c1-17(2)14(18(3)4)15-10-11-21(19,20)16-12-13-8-6-5-7-9-13/h5-9,16H,10-12H2,1-4H3. The molecule has 0 aliphatic heterocycles. The van der Waals surface area contributed by atoms with Crippen molar-refractivity contribution in [3.63, 3.8) is 0 Å². The van der Waals surface area contributed by atoms with Gasteiger partial charge in [0.15, 0.2) is 5.96 Å². The van der Waals surface area contributed by atoms with E-state index >= 15 is 0 Å². The average molecular weight is 312 g/mol. The molecule has 1 N–H and O–H groups in total. The molecule has 7 heteroatoms. The van der Waals surface area contributed by atoms with Crippen LogP contribution in [0.15, 0.2) is 35.3 Å². The van der Waals surface area contributed by atoms with Crippen molar-refractivity contribution in [3.8, 4) is 0 Å². The Kier molecular flexibility index (Phi) is 6.64. The zero-order valence-corrected chi connectivity index (χ0v) is 13.9. The number of hydrogen-bond acceptors (Lipinski definition) is 3. The first kappa shape index (κ1) is 17.5. The number of hydrogen-bond donors (Lipinski definition) is 1. The molecule has 0 spiro atoms. The van der Waals surface area contributed by atoms with Crippen molar-refractivity contribution in [2.75, 3.05) is 40.5 Å². The molecular formula is C14H24N4O2S. The molecule has 0 aromatic heterocycles. The summed E-state index contributed by atoms with van der Waals surface area (Å²) in [5.74, 6) is 0.721. The average Bonchev–Trinajstić information content (AvgIpc) is 2.42. The Balaban J connectivity index is 2.51. The summed E-state index contributed by atoms with van der Waals surface area (Å²) in [6.07, 6.45) is 0. The Bertz CT molecular complexity index is 544. The third-order valence-corrected chi connectivity index (χ3v) is 4.06. The van der Waals surface area contributed by atoms with Gasteiger partial charge in [0.2, 0.25) is 10.0 Å². The van der Waals surface area contributed by atoms with E-state index in [2.05, 4.69) is 9.71 Å². The molecule has 0 unspecified atom stereocenters. The minimum absolute atomic E-state index is 0.0228. The third kappa shape index (κ3) is 6.59. The van der Waals surface area contributed by atoms with Gasteiger partial charge in [-0.25, -0.2) is 13.1 Å². The zero-order chi connectivity index (χ0) is 15.9. The summed E-state index contributed by atoms with van der Waals surface area (Å²) in [6, 6.07) is 9.44. The minimum Gasteiger partial charge on any atom is -0.349 e. The van der Waals surface area contributed by atoms with E-state index in [1.54, 1.807) is 0 Å². The van der Waals surface area contributed by atoms with Gasteiger partial charge in [0, 0.05) is 34.7 Å². The van der Waals surface area contributed by atoms with Gasteiger partial charge in [0.05, 0.1) is 12.3 Å². The number of nitrogens with one attached hydrogen (secondary N) is 1. The lowest BCUT2D eigenvalue weighted by Crippen LogP contribution is -2.36. The molecular weight excluding hydrogens is 288 g/mol. The Morgan fingerprint density at radius 1 is 1.10 bits per heavy atom. The molecule has 0 radical (unpaired) electrons. The van der Waals surface area contributed by atoms with Crippen LogP contribution < -0.4 is 4.72 Å². The topological polar surface area (TPSA) is 65.0 Å². The van der Waals surface area contributed by atoms with Crippen LogP contribution in [0.2, 0.25) is 0 Å². The van der Waals surface area contributed by atoms with E-state index in [9.17, 15) is 8.42 Å². The van der Waals surface area contributed by atoms with Crippen molar-refractivity contribution in [2.45, 2.75) is 6.54 Å². The summed E-state index contributed by atoms with van der Waals surface area (Å²) in [6.45, 7) is 0.539. The Morgan fingerprint density at radius 3 is 2.19 bits per heavy atom. The van der Waals surface area contributed by atoms with Gasteiger partial charge in [-0.3, -0.25) is 4.99 Å². The van der Waals surface area contributed by atoms with Crippen molar-refractivity contribution >= 4 is 16.0 Å². The second-order valence-electron chi connectivity index (χ2n) is 5.10. The Morgan fingerprint density at radius 2 is 1.67 bits per heavy atom. The molecule has 0 atom stereocenters. The Hall–Kier alpha value is -1.60. The molecule has 21 heavy (non-hydrogen) atoms. The molecule has 1 aromatic carbocycles. The fraction of sp³-hybridized carbons (Fsp3) is 0.500. The first-order valence-electron chi connectivity index (χ1n) is 6.72.